The number of halogens is 2. The van der Waals surface area contributed by atoms with Crippen LogP contribution >= 0.6 is 0 Å². The molecule has 0 radical (unpaired) electrons. The Kier molecular flexibility index (Phi) is 12.6. The van der Waals surface area contributed by atoms with E-state index >= 15 is 8.63 Å². The first kappa shape index (κ1) is 37.7. The molecule has 0 saturated heterocycles. The van der Waals surface area contributed by atoms with E-state index in [0.717, 1.165) is 67.6 Å². The zero-order chi connectivity index (χ0) is 37.2. The molecule has 3 aromatic rings. The highest BCUT2D eigenvalue weighted by Crippen LogP contribution is 2.48. The number of nitrogens with one attached hydrogen (secondary N) is 2. The molecule has 1 aliphatic carbocycles. The summed E-state index contributed by atoms with van der Waals surface area (Å²) in [5.74, 6) is 0.0945. The second-order valence-corrected chi connectivity index (χ2v) is 14.0. The number of carbonyl (C=O) groups is 1. The molecule has 0 saturated carbocycles. The van der Waals surface area contributed by atoms with E-state index in [0.29, 0.717) is 42.1 Å². The van der Waals surface area contributed by atoms with Gasteiger partial charge in [0.2, 0.25) is 5.91 Å². The maximum absolute atomic E-state index is 15.5. The van der Waals surface area contributed by atoms with Gasteiger partial charge in [0.05, 0.1) is 0 Å². The lowest BCUT2D eigenvalue weighted by molar-refractivity contribution is -0.362. The quantitative estimate of drug-likeness (QED) is 0.0697. The molecule has 0 fully saturated rings. The average Bonchev–Trinajstić information content (AvgIpc) is 3.77. The number of phenolic OH excluding ortho intramolecular Hbond substituents is 1. The van der Waals surface area contributed by atoms with Gasteiger partial charge >= 0.3 is 6.84 Å². The normalized spacial score (nSPS) is 17.4. The van der Waals surface area contributed by atoms with Crippen LogP contribution in [0.2, 0.25) is 5.82 Å². The highest BCUT2D eigenvalue weighted by atomic mass is 19.2. The molecular weight excluding hydrogens is 667 g/mol. The summed E-state index contributed by atoms with van der Waals surface area (Å²) in [5.41, 5.74) is 8.10. The van der Waals surface area contributed by atoms with Crippen LogP contribution in [0.4, 0.5) is 8.63 Å². The van der Waals surface area contributed by atoms with Crippen LogP contribution in [0.5, 0.6) is 11.5 Å². The second kappa shape index (κ2) is 17.7. The van der Waals surface area contributed by atoms with E-state index in [1.54, 1.807) is 43.4 Å². The van der Waals surface area contributed by atoms with Crippen molar-refractivity contribution in [1.29, 1.82) is 0 Å². The maximum Gasteiger partial charge on any atom is 0.625 e. The lowest BCUT2D eigenvalue weighted by Gasteiger charge is -2.33. The van der Waals surface area contributed by atoms with Crippen LogP contribution in [0.15, 0.2) is 126 Å². The topological polar surface area (TPSA) is 73.6 Å². The van der Waals surface area contributed by atoms with Crippen molar-refractivity contribution in [1.82, 2.24) is 10.6 Å². The van der Waals surface area contributed by atoms with Crippen LogP contribution in [0.3, 0.4) is 0 Å². The SMILES string of the molecule is CC/C(=C(\c1ccc(O)cc1)c1ccc(OCCNCCCCCCNC(=O)CCC2=[N+]3C(=CC4=CC=C(C)C4[B-]3(F)F)C=C2)cc1)c1ccccc1. The molecule has 1 atom stereocenters. The minimum absolute atomic E-state index is 0.0999. The number of carbonyl (C=O) groups excluding carboxylic acids is 1. The van der Waals surface area contributed by atoms with Crippen molar-refractivity contribution in [3.8, 4) is 11.5 Å². The van der Waals surface area contributed by atoms with E-state index in [9.17, 15) is 9.90 Å². The first-order valence-corrected chi connectivity index (χ1v) is 19.0. The Labute approximate surface area is 312 Å². The first-order chi connectivity index (χ1) is 25.8. The Morgan fingerprint density at radius 2 is 1.55 bits per heavy atom. The maximum atomic E-state index is 15.5. The van der Waals surface area contributed by atoms with Gasteiger partial charge in [0.1, 0.15) is 23.8 Å². The number of phenols is 1. The number of rotatable bonds is 18. The molecule has 1 unspecified atom stereocenters. The summed E-state index contributed by atoms with van der Waals surface area (Å²) in [4.78, 5) is 12.5. The number of ether oxygens (including phenoxy) is 1. The number of nitrogens with zero attached hydrogens (tertiary/aromatic N) is 1. The fourth-order valence-electron chi connectivity index (χ4n) is 7.63. The van der Waals surface area contributed by atoms with E-state index in [1.807, 2.05) is 36.4 Å². The number of amides is 1. The van der Waals surface area contributed by atoms with Gasteiger partial charge in [0, 0.05) is 50.0 Å². The number of hydrogen-bond acceptors (Lipinski definition) is 4. The van der Waals surface area contributed by atoms with Gasteiger partial charge in [0.15, 0.2) is 5.70 Å². The van der Waals surface area contributed by atoms with Gasteiger partial charge in [-0.25, -0.2) is 0 Å². The van der Waals surface area contributed by atoms with E-state index in [1.165, 1.54) is 15.6 Å². The number of fused-ring (bicyclic) bond motifs is 2. The van der Waals surface area contributed by atoms with Gasteiger partial charge in [-0.2, -0.15) is 0 Å². The van der Waals surface area contributed by atoms with Gasteiger partial charge in [-0.15, -0.1) is 0 Å². The van der Waals surface area contributed by atoms with Crippen molar-refractivity contribution in [2.24, 2.45) is 0 Å². The molecule has 3 aliphatic rings. The lowest BCUT2D eigenvalue weighted by Crippen LogP contribution is -2.47. The van der Waals surface area contributed by atoms with Crippen molar-refractivity contribution < 1.29 is 27.8 Å². The van der Waals surface area contributed by atoms with Crippen molar-refractivity contribution in [3.63, 3.8) is 0 Å². The Morgan fingerprint density at radius 3 is 2.26 bits per heavy atom. The van der Waals surface area contributed by atoms with Crippen molar-refractivity contribution >= 4 is 29.6 Å². The largest absolute Gasteiger partial charge is 0.625 e. The summed E-state index contributed by atoms with van der Waals surface area (Å²) in [5, 5.41) is 16.3. The number of unbranched alkanes of at least 4 members (excludes halogenated alkanes) is 3. The fourth-order valence-corrected chi connectivity index (χ4v) is 7.63. The van der Waals surface area contributed by atoms with E-state index in [2.05, 4.69) is 54.0 Å². The molecule has 9 heteroatoms. The minimum Gasteiger partial charge on any atom is -0.508 e. The van der Waals surface area contributed by atoms with Gasteiger partial charge in [-0.05, 0) is 84.8 Å². The van der Waals surface area contributed by atoms with Crippen LogP contribution < -0.4 is 15.4 Å². The number of aromatic hydroxyl groups is 1. The third-order valence-corrected chi connectivity index (χ3v) is 10.3. The molecule has 0 aromatic heterocycles. The van der Waals surface area contributed by atoms with Crippen molar-refractivity contribution in [2.45, 2.75) is 64.6 Å². The zero-order valence-corrected chi connectivity index (χ0v) is 30.8. The Balaban J connectivity index is 0.858. The van der Waals surface area contributed by atoms with E-state index in [4.69, 9.17) is 4.74 Å². The van der Waals surface area contributed by atoms with Crippen molar-refractivity contribution in [2.75, 3.05) is 26.2 Å². The average molecular weight is 718 g/mol. The molecule has 3 aromatic carbocycles. The second-order valence-electron chi connectivity index (χ2n) is 14.0. The summed E-state index contributed by atoms with van der Waals surface area (Å²) >= 11 is 0. The molecule has 2 aliphatic heterocycles. The van der Waals surface area contributed by atoms with Crippen LogP contribution in [0.1, 0.15) is 75.5 Å². The van der Waals surface area contributed by atoms with Crippen LogP contribution in [-0.4, -0.2) is 54.3 Å². The third kappa shape index (κ3) is 9.14. The van der Waals surface area contributed by atoms with Gasteiger partial charge in [0.25, 0.3) is 0 Å². The molecule has 53 heavy (non-hydrogen) atoms. The zero-order valence-electron chi connectivity index (χ0n) is 30.8. The smallest absolute Gasteiger partial charge is 0.508 e. The fraction of sp³-hybridized carbons (Fsp3) is 0.318. The summed E-state index contributed by atoms with van der Waals surface area (Å²) in [7, 11) is 0. The monoisotopic (exact) mass is 717 g/mol. The summed E-state index contributed by atoms with van der Waals surface area (Å²) < 4.78 is 38.2. The van der Waals surface area contributed by atoms with Crippen LogP contribution in [0, 0.1) is 0 Å². The number of hydrogen-bond donors (Lipinski definition) is 3. The highest BCUT2D eigenvalue weighted by Gasteiger charge is 2.56. The highest BCUT2D eigenvalue weighted by molar-refractivity contribution is 6.63. The Hall–Kier alpha value is -5.02. The molecule has 0 spiro atoms. The molecule has 6 rings (SSSR count). The summed E-state index contributed by atoms with van der Waals surface area (Å²) in [6, 6.07) is 26.0. The summed E-state index contributed by atoms with van der Waals surface area (Å²) in [6.07, 6.45) is 14.2. The predicted octanol–water partition coefficient (Wildman–Crippen LogP) is 9.24. The molecular formula is C44H50BF2N3O3. The van der Waals surface area contributed by atoms with Crippen molar-refractivity contribution in [3.05, 3.63) is 143 Å². The Morgan fingerprint density at radius 1 is 0.849 bits per heavy atom. The molecule has 0 bridgehead atoms. The number of allylic oxidation sites excluding steroid dienone is 8. The molecule has 276 valence electrons. The number of benzene rings is 3. The van der Waals surface area contributed by atoms with E-state index in [-0.39, 0.29) is 18.1 Å². The molecule has 2 heterocycles. The molecule has 6 nitrogen and oxygen atoms in total. The molecule has 1 amide bonds. The molecule has 3 N–H and O–H groups in total. The van der Waals surface area contributed by atoms with E-state index < -0.39 is 12.7 Å². The van der Waals surface area contributed by atoms with Gasteiger partial charge < -0.3 is 33.6 Å². The van der Waals surface area contributed by atoms with Gasteiger partial charge in [-0.1, -0.05) is 97.7 Å². The lowest BCUT2D eigenvalue weighted by atomic mass is 9.56. The Bertz CT molecular complexity index is 1950. The van der Waals surface area contributed by atoms with Gasteiger partial charge in [-0.3, -0.25) is 4.79 Å². The van der Waals surface area contributed by atoms with Crippen LogP contribution in [0.25, 0.3) is 11.1 Å². The predicted molar refractivity (Wildman–Crippen MR) is 212 cm³/mol. The standard InChI is InChI=1S/C44H50BF2N3O3/c1-3-41(33-11-7-6-8-12-33)43(34-15-22-39(51)23-16-34)35-17-24-40(25-18-35)53-30-29-48-27-9-4-5-10-28-49-42(52)26-21-37-19-20-38-31-36-14-13-32(2)44(36)45(46,47)50(37)38/h6-8,11-20,22-25,31,44,48,51H,3-5,9-10,21,26-30H2,1-2H3,(H,49,52)/b43-41-. The van der Waals surface area contributed by atoms with Crippen LogP contribution in [-0.2, 0) is 4.79 Å². The first-order valence-electron chi connectivity index (χ1n) is 19.0. The minimum atomic E-state index is -3.82. The third-order valence-electron chi connectivity index (χ3n) is 10.3. The summed E-state index contributed by atoms with van der Waals surface area (Å²) in [6.45, 7) is 2.91.